The Morgan fingerprint density at radius 2 is 2.10 bits per heavy atom. The zero-order valence-corrected chi connectivity index (χ0v) is 12.8. The summed E-state index contributed by atoms with van der Waals surface area (Å²) in [4.78, 5) is 4.25. The van der Waals surface area contributed by atoms with Crippen molar-refractivity contribution in [2.24, 2.45) is 5.92 Å². The van der Waals surface area contributed by atoms with Crippen LogP contribution in [0, 0.1) is 12.8 Å². The first kappa shape index (κ1) is 15.0. The Morgan fingerprint density at radius 3 is 2.80 bits per heavy atom. The van der Waals surface area contributed by atoms with Gasteiger partial charge in [-0.3, -0.25) is 0 Å². The summed E-state index contributed by atoms with van der Waals surface area (Å²) in [6.07, 6.45) is 1.35. The van der Waals surface area contributed by atoms with Crippen molar-refractivity contribution >= 4 is 11.6 Å². The van der Waals surface area contributed by atoms with Crippen LogP contribution in [-0.2, 0) is 13.0 Å². The van der Waals surface area contributed by atoms with E-state index in [1.807, 2.05) is 29.8 Å². The van der Waals surface area contributed by atoms with E-state index in [-0.39, 0.29) is 0 Å². The molecule has 2 rings (SSSR count). The number of nitrogens with zero attached hydrogens (tertiary/aromatic N) is 3. The van der Waals surface area contributed by atoms with E-state index in [1.54, 1.807) is 0 Å². The molecule has 108 valence electrons. The van der Waals surface area contributed by atoms with E-state index in [4.69, 9.17) is 11.6 Å². The normalized spacial score (nSPS) is 12.9. The maximum absolute atomic E-state index is 10.4. The predicted octanol–water partition coefficient (Wildman–Crippen LogP) is 3.17. The van der Waals surface area contributed by atoms with Crippen LogP contribution < -0.4 is 0 Å². The van der Waals surface area contributed by atoms with E-state index in [1.165, 1.54) is 6.33 Å². The van der Waals surface area contributed by atoms with Crippen LogP contribution >= 0.6 is 11.6 Å². The number of benzene rings is 1. The second-order valence-electron chi connectivity index (χ2n) is 5.43. The summed E-state index contributed by atoms with van der Waals surface area (Å²) < 4.78 is 1.85. The topological polar surface area (TPSA) is 50.9 Å². The summed E-state index contributed by atoms with van der Waals surface area (Å²) in [5.41, 5.74) is 1.76. The minimum atomic E-state index is -0.621. The molecular weight excluding hydrogens is 274 g/mol. The fraction of sp³-hybridized carbons (Fsp3) is 0.467. The first-order valence-electron chi connectivity index (χ1n) is 6.78. The fourth-order valence-electron chi connectivity index (χ4n) is 2.21. The monoisotopic (exact) mass is 293 g/mol. The molecule has 0 amide bonds. The summed E-state index contributed by atoms with van der Waals surface area (Å²) in [6.45, 7) is 6.97. The molecule has 1 N–H and O–H groups in total. The largest absolute Gasteiger partial charge is 0.388 e. The maximum atomic E-state index is 10.4. The summed E-state index contributed by atoms with van der Waals surface area (Å²) in [6, 6.07) is 5.58. The molecule has 5 heteroatoms. The molecule has 0 fully saturated rings. The molecule has 1 atom stereocenters. The first-order chi connectivity index (χ1) is 9.49. The molecule has 0 aliphatic carbocycles. The lowest BCUT2D eigenvalue weighted by molar-refractivity contribution is 0.172. The third kappa shape index (κ3) is 3.38. The molecule has 20 heavy (non-hydrogen) atoms. The molecule has 0 bridgehead atoms. The van der Waals surface area contributed by atoms with Crippen molar-refractivity contribution in [2.75, 3.05) is 0 Å². The number of rotatable bonds is 5. The third-order valence-electron chi connectivity index (χ3n) is 3.28. The molecule has 0 saturated carbocycles. The summed E-state index contributed by atoms with van der Waals surface area (Å²) in [5, 5.41) is 15.3. The number of aliphatic hydroxyl groups excluding tert-OH is 1. The highest BCUT2D eigenvalue weighted by atomic mass is 35.5. The minimum Gasteiger partial charge on any atom is -0.388 e. The zero-order chi connectivity index (χ0) is 14.7. The zero-order valence-electron chi connectivity index (χ0n) is 12.0. The lowest BCUT2D eigenvalue weighted by Crippen LogP contribution is -2.14. The van der Waals surface area contributed by atoms with Crippen molar-refractivity contribution in [1.29, 1.82) is 0 Å². The van der Waals surface area contributed by atoms with Gasteiger partial charge in [0.05, 0.1) is 6.10 Å². The molecule has 1 aromatic heterocycles. The Balaban J connectivity index is 2.17. The van der Waals surface area contributed by atoms with Crippen molar-refractivity contribution in [2.45, 2.75) is 39.8 Å². The lowest BCUT2D eigenvalue weighted by Gasteiger charge is -2.15. The van der Waals surface area contributed by atoms with Gasteiger partial charge in [-0.15, -0.1) is 0 Å². The summed E-state index contributed by atoms with van der Waals surface area (Å²) >= 11 is 6.10. The predicted molar refractivity (Wildman–Crippen MR) is 79.7 cm³/mol. The van der Waals surface area contributed by atoms with Gasteiger partial charge in [-0.2, -0.15) is 5.10 Å². The number of aliphatic hydroxyl groups is 1. The molecule has 0 aliphatic rings. The maximum Gasteiger partial charge on any atom is 0.138 e. The van der Waals surface area contributed by atoms with Gasteiger partial charge in [0.15, 0.2) is 0 Å². The Kier molecular flexibility index (Phi) is 4.78. The second kappa shape index (κ2) is 6.37. The highest BCUT2D eigenvalue weighted by Gasteiger charge is 2.16. The van der Waals surface area contributed by atoms with Crippen LogP contribution in [0.1, 0.15) is 36.9 Å². The molecule has 1 unspecified atom stereocenters. The molecule has 0 aliphatic heterocycles. The van der Waals surface area contributed by atoms with Crippen LogP contribution in [0.3, 0.4) is 0 Å². The van der Waals surface area contributed by atoms with Crippen molar-refractivity contribution in [3.05, 3.63) is 46.5 Å². The quantitative estimate of drug-likeness (QED) is 0.921. The summed E-state index contributed by atoms with van der Waals surface area (Å²) in [5.74, 6) is 1.28. The van der Waals surface area contributed by atoms with Crippen LogP contribution in [0.5, 0.6) is 0 Å². The lowest BCUT2D eigenvalue weighted by atomic mass is 10.0. The SMILES string of the molecule is Cc1c(Cl)cccc1C(O)Cc1ncnn1CC(C)C. The highest BCUT2D eigenvalue weighted by Crippen LogP contribution is 2.26. The number of halogens is 1. The molecule has 2 aromatic rings. The van der Waals surface area contributed by atoms with Gasteiger partial charge >= 0.3 is 0 Å². The first-order valence-corrected chi connectivity index (χ1v) is 7.16. The standard InChI is InChI=1S/C15H20ClN3O/c1-10(2)8-19-15(17-9-18-19)7-14(20)12-5-4-6-13(16)11(12)3/h4-6,9-10,14,20H,7-8H2,1-3H3. The van der Waals surface area contributed by atoms with Crippen LogP contribution in [0.2, 0.25) is 5.02 Å². The van der Waals surface area contributed by atoms with E-state index >= 15 is 0 Å². The van der Waals surface area contributed by atoms with Crippen LogP contribution in [0.15, 0.2) is 24.5 Å². The van der Waals surface area contributed by atoms with Crippen LogP contribution in [-0.4, -0.2) is 19.9 Å². The molecule has 0 radical (unpaired) electrons. The van der Waals surface area contributed by atoms with Gasteiger partial charge in [-0.25, -0.2) is 9.67 Å². The second-order valence-corrected chi connectivity index (χ2v) is 5.83. The van der Waals surface area contributed by atoms with E-state index in [9.17, 15) is 5.11 Å². The van der Waals surface area contributed by atoms with Crippen LogP contribution in [0.4, 0.5) is 0 Å². The molecule has 1 heterocycles. The van der Waals surface area contributed by atoms with E-state index in [0.717, 1.165) is 23.5 Å². The van der Waals surface area contributed by atoms with Gasteiger partial charge < -0.3 is 5.11 Å². The average Bonchev–Trinajstić information content (AvgIpc) is 2.79. The van der Waals surface area contributed by atoms with E-state index in [2.05, 4.69) is 23.9 Å². The minimum absolute atomic E-state index is 0.438. The summed E-state index contributed by atoms with van der Waals surface area (Å²) in [7, 11) is 0. The third-order valence-corrected chi connectivity index (χ3v) is 3.69. The highest BCUT2D eigenvalue weighted by molar-refractivity contribution is 6.31. The van der Waals surface area contributed by atoms with Crippen molar-refractivity contribution in [3.8, 4) is 0 Å². The number of aromatic nitrogens is 3. The smallest absolute Gasteiger partial charge is 0.138 e. The van der Waals surface area contributed by atoms with E-state index < -0.39 is 6.10 Å². The van der Waals surface area contributed by atoms with Crippen molar-refractivity contribution in [1.82, 2.24) is 14.8 Å². The van der Waals surface area contributed by atoms with Crippen molar-refractivity contribution < 1.29 is 5.11 Å². The fourth-order valence-corrected chi connectivity index (χ4v) is 2.39. The Bertz CT molecular complexity index is 580. The molecule has 4 nitrogen and oxygen atoms in total. The van der Waals surface area contributed by atoms with Crippen molar-refractivity contribution in [3.63, 3.8) is 0 Å². The van der Waals surface area contributed by atoms with Gasteiger partial charge in [-0.1, -0.05) is 37.6 Å². The molecular formula is C15H20ClN3O. The molecule has 0 saturated heterocycles. The average molecular weight is 294 g/mol. The molecule has 1 aromatic carbocycles. The van der Waals surface area contributed by atoms with Gasteiger partial charge in [0.2, 0.25) is 0 Å². The number of hydrogen-bond donors (Lipinski definition) is 1. The Labute approximate surface area is 124 Å². The van der Waals surface area contributed by atoms with Gasteiger partial charge in [-0.05, 0) is 30.0 Å². The van der Waals surface area contributed by atoms with Gasteiger partial charge in [0.1, 0.15) is 12.2 Å². The Hall–Kier alpha value is -1.39. The van der Waals surface area contributed by atoms with Gasteiger partial charge in [0, 0.05) is 18.0 Å². The molecule has 0 spiro atoms. The number of hydrogen-bond acceptors (Lipinski definition) is 3. The van der Waals surface area contributed by atoms with E-state index in [0.29, 0.717) is 17.4 Å². The van der Waals surface area contributed by atoms with Crippen LogP contribution in [0.25, 0.3) is 0 Å². The van der Waals surface area contributed by atoms with Gasteiger partial charge in [0.25, 0.3) is 0 Å². The Morgan fingerprint density at radius 1 is 1.35 bits per heavy atom.